The number of hydrogen-bond donors (Lipinski definition) is 1. The average molecular weight is 497 g/mol. The summed E-state index contributed by atoms with van der Waals surface area (Å²) in [5.41, 5.74) is 2.90. The Morgan fingerprint density at radius 2 is 1.88 bits per heavy atom. The first-order valence-electron chi connectivity index (χ1n) is 11.2. The SMILES string of the molecule is O=C1N[C@@H](CSCc2ccccc2)C(=O)N2CCN(Cc3nc(-c4ccc(F)cc4)cs3)C[C@H]12. The number of hydrogen-bond acceptors (Lipinski definition) is 6. The summed E-state index contributed by atoms with van der Waals surface area (Å²) in [7, 11) is 0. The Bertz CT molecular complexity index is 1160. The molecule has 5 rings (SSSR count). The van der Waals surface area contributed by atoms with Gasteiger partial charge < -0.3 is 10.2 Å². The molecule has 2 saturated heterocycles. The molecular weight excluding hydrogens is 471 g/mol. The molecule has 9 heteroatoms. The molecule has 2 atom stereocenters. The minimum Gasteiger partial charge on any atom is -0.342 e. The van der Waals surface area contributed by atoms with Crippen LogP contribution >= 0.6 is 23.1 Å². The molecule has 0 aliphatic carbocycles. The zero-order chi connectivity index (χ0) is 23.5. The number of halogens is 1. The Morgan fingerprint density at radius 3 is 2.68 bits per heavy atom. The van der Waals surface area contributed by atoms with E-state index in [1.54, 1.807) is 40.1 Å². The second kappa shape index (κ2) is 10.2. The van der Waals surface area contributed by atoms with Crippen molar-refractivity contribution in [2.24, 2.45) is 0 Å². The second-order valence-electron chi connectivity index (χ2n) is 8.48. The summed E-state index contributed by atoms with van der Waals surface area (Å²) in [6.07, 6.45) is 0. The number of amides is 2. The first-order chi connectivity index (χ1) is 16.6. The van der Waals surface area contributed by atoms with Crippen molar-refractivity contribution < 1.29 is 14.0 Å². The second-order valence-corrected chi connectivity index (χ2v) is 10.5. The van der Waals surface area contributed by atoms with Gasteiger partial charge in [0.25, 0.3) is 0 Å². The lowest BCUT2D eigenvalue weighted by atomic mass is 10.0. The largest absolute Gasteiger partial charge is 0.342 e. The maximum Gasteiger partial charge on any atom is 0.246 e. The van der Waals surface area contributed by atoms with Crippen LogP contribution in [0.1, 0.15) is 10.6 Å². The van der Waals surface area contributed by atoms with E-state index in [2.05, 4.69) is 27.3 Å². The van der Waals surface area contributed by atoms with Crippen molar-refractivity contribution in [1.82, 2.24) is 20.1 Å². The monoisotopic (exact) mass is 496 g/mol. The van der Waals surface area contributed by atoms with Crippen LogP contribution in [-0.2, 0) is 21.9 Å². The number of benzene rings is 2. The van der Waals surface area contributed by atoms with Crippen molar-refractivity contribution in [3.8, 4) is 11.3 Å². The van der Waals surface area contributed by atoms with Gasteiger partial charge in [0.05, 0.1) is 12.2 Å². The maximum atomic E-state index is 13.2. The smallest absolute Gasteiger partial charge is 0.246 e. The first-order valence-corrected chi connectivity index (χ1v) is 13.3. The predicted molar refractivity (Wildman–Crippen MR) is 133 cm³/mol. The highest BCUT2D eigenvalue weighted by atomic mass is 32.2. The summed E-state index contributed by atoms with van der Waals surface area (Å²) in [5, 5.41) is 5.85. The Balaban J connectivity index is 1.16. The lowest BCUT2D eigenvalue weighted by Gasteiger charge is -2.45. The Morgan fingerprint density at radius 1 is 1.09 bits per heavy atom. The van der Waals surface area contributed by atoms with Crippen molar-refractivity contribution in [2.75, 3.05) is 25.4 Å². The van der Waals surface area contributed by atoms with Gasteiger partial charge in [-0.05, 0) is 29.8 Å². The van der Waals surface area contributed by atoms with Gasteiger partial charge in [-0.2, -0.15) is 11.8 Å². The summed E-state index contributed by atoms with van der Waals surface area (Å²) >= 11 is 3.21. The highest BCUT2D eigenvalue weighted by Crippen LogP contribution is 2.25. The van der Waals surface area contributed by atoms with Crippen LogP contribution in [0.2, 0.25) is 0 Å². The minimum absolute atomic E-state index is 0.0117. The predicted octanol–water partition coefficient (Wildman–Crippen LogP) is 3.39. The molecule has 2 fully saturated rings. The molecule has 2 aliphatic heterocycles. The molecule has 6 nitrogen and oxygen atoms in total. The molecule has 1 aromatic heterocycles. The van der Waals surface area contributed by atoms with Gasteiger partial charge in [-0.3, -0.25) is 14.5 Å². The van der Waals surface area contributed by atoms with E-state index in [1.165, 1.54) is 17.7 Å². The van der Waals surface area contributed by atoms with Crippen molar-refractivity contribution in [3.05, 3.63) is 76.4 Å². The average Bonchev–Trinajstić information content (AvgIpc) is 3.32. The van der Waals surface area contributed by atoms with Crippen LogP contribution in [0, 0.1) is 5.82 Å². The topological polar surface area (TPSA) is 65.5 Å². The summed E-state index contributed by atoms with van der Waals surface area (Å²) in [4.78, 5) is 34.5. The quantitative estimate of drug-likeness (QED) is 0.543. The van der Waals surface area contributed by atoms with Crippen LogP contribution in [0.5, 0.6) is 0 Å². The number of carbonyl (C=O) groups is 2. The normalized spacial score (nSPS) is 20.8. The number of nitrogens with one attached hydrogen (secondary N) is 1. The summed E-state index contributed by atoms with van der Waals surface area (Å²) < 4.78 is 13.2. The fraction of sp³-hybridized carbons (Fsp3) is 0.320. The summed E-state index contributed by atoms with van der Waals surface area (Å²) in [6.45, 7) is 2.35. The molecule has 34 heavy (non-hydrogen) atoms. The summed E-state index contributed by atoms with van der Waals surface area (Å²) in [5.74, 6) is 1.04. The fourth-order valence-electron chi connectivity index (χ4n) is 4.31. The lowest BCUT2D eigenvalue weighted by Crippen LogP contribution is -2.69. The van der Waals surface area contributed by atoms with E-state index in [0.29, 0.717) is 31.9 Å². The zero-order valence-electron chi connectivity index (χ0n) is 18.5. The number of thiazole rings is 1. The van der Waals surface area contributed by atoms with Crippen molar-refractivity contribution in [2.45, 2.75) is 24.4 Å². The van der Waals surface area contributed by atoms with Gasteiger partial charge in [-0.15, -0.1) is 11.3 Å². The summed E-state index contributed by atoms with van der Waals surface area (Å²) in [6, 6.07) is 15.5. The number of fused-ring (bicyclic) bond motifs is 1. The van der Waals surface area contributed by atoms with Crippen LogP contribution in [0.25, 0.3) is 11.3 Å². The molecule has 2 aliphatic rings. The number of nitrogens with zero attached hydrogens (tertiary/aromatic N) is 3. The molecule has 2 amide bonds. The number of piperazine rings is 2. The number of rotatable bonds is 7. The van der Waals surface area contributed by atoms with E-state index < -0.39 is 12.1 Å². The molecule has 176 valence electrons. The molecular formula is C25H25FN4O2S2. The van der Waals surface area contributed by atoms with Crippen molar-refractivity contribution in [1.29, 1.82) is 0 Å². The number of thioether (sulfide) groups is 1. The van der Waals surface area contributed by atoms with E-state index >= 15 is 0 Å². The van der Waals surface area contributed by atoms with Crippen LogP contribution in [-0.4, -0.2) is 64.1 Å². The van der Waals surface area contributed by atoms with Gasteiger partial charge in [0.15, 0.2) is 0 Å². The first kappa shape index (κ1) is 23.0. The van der Waals surface area contributed by atoms with Crippen LogP contribution in [0.15, 0.2) is 60.0 Å². The molecule has 0 unspecified atom stereocenters. The molecule has 0 spiro atoms. The number of aromatic nitrogens is 1. The molecule has 0 bridgehead atoms. The molecule has 1 N–H and O–H groups in total. The van der Waals surface area contributed by atoms with E-state index in [1.807, 2.05) is 23.6 Å². The highest BCUT2D eigenvalue weighted by molar-refractivity contribution is 7.98. The zero-order valence-corrected chi connectivity index (χ0v) is 20.2. The lowest BCUT2D eigenvalue weighted by molar-refractivity contribution is -0.152. The van der Waals surface area contributed by atoms with Crippen molar-refractivity contribution >= 4 is 34.9 Å². The van der Waals surface area contributed by atoms with Crippen molar-refractivity contribution in [3.63, 3.8) is 0 Å². The molecule has 2 aromatic carbocycles. The maximum absolute atomic E-state index is 13.2. The van der Waals surface area contributed by atoms with Gasteiger partial charge in [0, 0.05) is 42.1 Å². The van der Waals surface area contributed by atoms with E-state index in [0.717, 1.165) is 22.0 Å². The molecule has 3 aromatic rings. The Hall–Kier alpha value is -2.75. The minimum atomic E-state index is -0.471. The highest BCUT2D eigenvalue weighted by Gasteiger charge is 2.43. The van der Waals surface area contributed by atoms with Gasteiger partial charge >= 0.3 is 0 Å². The number of carbonyl (C=O) groups excluding carboxylic acids is 2. The molecule has 3 heterocycles. The van der Waals surface area contributed by atoms with Gasteiger partial charge in [-0.1, -0.05) is 30.3 Å². The van der Waals surface area contributed by atoms with Gasteiger partial charge in [-0.25, -0.2) is 9.37 Å². The van der Waals surface area contributed by atoms with Crippen LogP contribution in [0.4, 0.5) is 4.39 Å². The van der Waals surface area contributed by atoms with Crippen LogP contribution in [0.3, 0.4) is 0 Å². The molecule has 0 radical (unpaired) electrons. The van der Waals surface area contributed by atoms with Gasteiger partial charge in [0.2, 0.25) is 11.8 Å². The Labute approximate surface area is 206 Å². The van der Waals surface area contributed by atoms with E-state index in [-0.39, 0.29) is 17.6 Å². The third-order valence-corrected chi connectivity index (χ3v) is 8.05. The van der Waals surface area contributed by atoms with E-state index in [4.69, 9.17) is 0 Å². The Kier molecular flexibility index (Phi) is 6.94. The molecule has 0 saturated carbocycles. The standard InChI is InChI=1S/C25H25FN4O2S2/c26-19-8-6-18(7-9-19)20-16-34-23(27-20)13-29-10-11-30-22(12-29)24(31)28-21(25(30)32)15-33-14-17-4-2-1-3-5-17/h1-9,16,21-22H,10-15H2,(H,28,31)/t21-,22+/m0/s1. The van der Waals surface area contributed by atoms with Gasteiger partial charge in [0.1, 0.15) is 22.9 Å². The van der Waals surface area contributed by atoms with Crippen LogP contribution < -0.4 is 5.32 Å². The third-order valence-electron chi connectivity index (χ3n) is 6.11. The van der Waals surface area contributed by atoms with E-state index in [9.17, 15) is 14.0 Å². The fourth-order valence-corrected chi connectivity index (χ4v) is 6.16. The third kappa shape index (κ3) is 5.16.